The molecule has 0 amide bonds. The van der Waals surface area contributed by atoms with Gasteiger partial charge >= 0.3 is 5.97 Å². The summed E-state index contributed by atoms with van der Waals surface area (Å²) in [5.74, 6) is -0.308. The summed E-state index contributed by atoms with van der Waals surface area (Å²) in [5.41, 5.74) is 0.117. The Labute approximate surface area is 112 Å². The van der Waals surface area contributed by atoms with Crippen molar-refractivity contribution in [3.05, 3.63) is 22.8 Å². The first-order chi connectivity index (χ1) is 8.50. The van der Waals surface area contributed by atoms with Crippen LogP contribution in [0.15, 0.2) is 12.3 Å². The Kier molecular flexibility index (Phi) is 3.76. The van der Waals surface area contributed by atoms with Gasteiger partial charge in [0.25, 0.3) is 0 Å². The summed E-state index contributed by atoms with van der Waals surface area (Å²) in [4.78, 5) is 17.6. The van der Waals surface area contributed by atoms with Gasteiger partial charge in [-0.25, -0.2) is 9.78 Å². The number of carboxylic acid groups (broad SMARTS) is 1. The normalized spacial score (nSPS) is 24.1. The van der Waals surface area contributed by atoms with Crippen molar-refractivity contribution in [2.45, 2.75) is 45.2 Å². The second kappa shape index (κ2) is 5.14. The molecule has 2 atom stereocenters. The van der Waals surface area contributed by atoms with Gasteiger partial charge < -0.3 is 10.0 Å². The van der Waals surface area contributed by atoms with Crippen LogP contribution in [0.25, 0.3) is 0 Å². The van der Waals surface area contributed by atoms with Crippen LogP contribution in [-0.2, 0) is 0 Å². The van der Waals surface area contributed by atoms with E-state index in [2.05, 4.69) is 23.7 Å². The van der Waals surface area contributed by atoms with Crippen LogP contribution in [0.2, 0.25) is 5.02 Å². The molecule has 1 saturated heterocycles. The Morgan fingerprint density at radius 3 is 2.61 bits per heavy atom. The van der Waals surface area contributed by atoms with Crippen molar-refractivity contribution >= 4 is 23.4 Å². The van der Waals surface area contributed by atoms with Gasteiger partial charge in [0, 0.05) is 18.3 Å². The summed E-state index contributed by atoms with van der Waals surface area (Å²) in [6.45, 7) is 4.29. The number of hydrogen-bond acceptors (Lipinski definition) is 3. The van der Waals surface area contributed by atoms with Gasteiger partial charge in [-0.2, -0.15) is 0 Å². The van der Waals surface area contributed by atoms with Crippen molar-refractivity contribution in [2.24, 2.45) is 0 Å². The Bertz CT molecular complexity index is 454. The Morgan fingerprint density at radius 1 is 1.44 bits per heavy atom. The van der Waals surface area contributed by atoms with Gasteiger partial charge in [0.2, 0.25) is 0 Å². The molecule has 2 heterocycles. The third kappa shape index (κ3) is 2.43. The van der Waals surface area contributed by atoms with Gasteiger partial charge in [-0.05, 0) is 39.2 Å². The first-order valence-electron chi connectivity index (χ1n) is 6.18. The lowest BCUT2D eigenvalue weighted by Gasteiger charge is -2.40. The molecule has 4 nitrogen and oxygen atoms in total. The predicted molar refractivity (Wildman–Crippen MR) is 71.5 cm³/mol. The monoisotopic (exact) mass is 268 g/mol. The van der Waals surface area contributed by atoms with E-state index in [0.29, 0.717) is 17.9 Å². The lowest BCUT2D eigenvalue weighted by Crippen LogP contribution is -2.44. The van der Waals surface area contributed by atoms with Gasteiger partial charge in [0.05, 0.1) is 10.6 Å². The van der Waals surface area contributed by atoms with Crippen LogP contribution in [0, 0.1) is 0 Å². The molecule has 18 heavy (non-hydrogen) atoms. The third-order valence-corrected chi connectivity index (χ3v) is 3.83. The van der Waals surface area contributed by atoms with Crippen molar-refractivity contribution in [3.63, 3.8) is 0 Å². The highest BCUT2D eigenvalue weighted by Crippen LogP contribution is 2.29. The third-order valence-electron chi connectivity index (χ3n) is 3.53. The minimum atomic E-state index is -1.01. The summed E-state index contributed by atoms with van der Waals surface area (Å²) in [6, 6.07) is 2.33. The highest BCUT2D eigenvalue weighted by molar-refractivity contribution is 6.33. The van der Waals surface area contributed by atoms with Crippen molar-refractivity contribution in [1.82, 2.24) is 4.98 Å². The zero-order valence-electron chi connectivity index (χ0n) is 10.6. The summed E-state index contributed by atoms with van der Waals surface area (Å²) in [5, 5.41) is 9.27. The molecule has 1 aliphatic rings. The highest BCUT2D eigenvalue weighted by atomic mass is 35.5. The smallest absolute Gasteiger partial charge is 0.337 e. The number of anilines is 1. The van der Waals surface area contributed by atoms with E-state index in [-0.39, 0.29) is 10.6 Å². The molecule has 0 bridgehead atoms. The first kappa shape index (κ1) is 13.1. The predicted octanol–water partition coefficient (Wildman–Crippen LogP) is 3.20. The minimum absolute atomic E-state index is 0.117. The van der Waals surface area contributed by atoms with Crippen LogP contribution < -0.4 is 4.90 Å². The van der Waals surface area contributed by atoms with Crippen LogP contribution in [0.5, 0.6) is 0 Å². The van der Waals surface area contributed by atoms with E-state index < -0.39 is 5.97 Å². The van der Waals surface area contributed by atoms with Gasteiger partial charge in [-0.15, -0.1) is 0 Å². The molecule has 0 saturated carbocycles. The molecule has 2 rings (SSSR count). The van der Waals surface area contributed by atoms with Crippen LogP contribution >= 0.6 is 11.6 Å². The second-order valence-corrected chi connectivity index (χ2v) is 5.27. The lowest BCUT2D eigenvalue weighted by atomic mass is 9.97. The summed E-state index contributed by atoms with van der Waals surface area (Å²) >= 11 is 5.84. The van der Waals surface area contributed by atoms with E-state index in [9.17, 15) is 4.79 Å². The fourth-order valence-corrected chi connectivity index (χ4v) is 2.79. The average molecular weight is 269 g/mol. The van der Waals surface area contributed by atoms with Crippen molar-refractivity contribution in [1.29, 1.82) is 0 Å². The number of aromatic nitrogens is 1. The second-order valence-electron chi connectivity index (χ2n) is 4.86. The fraction of sp³-hybridized carbons (Fsp3) is 0.538. The number of halogens is 1. The molecule has 0 aromatic carbocycles. The van der Waals surface area contributed by atoms with E-state index in [1.54, 1.807) is 6.07 Å². The van der Waals surface area contributed by atoms with Crippen LogP contribution in [0.3, 0.4) is 0 Å². The largest absolute Gasteiger partial charge is 0.478 e. The van der Waals surface area contributed by atoms with E-state index >= 15 is 0 Å². The molecular formula is C13H17ClN2O2. The SMILES string of the molecule is C[C@@H]1CCC[C@H](C)N1c1cc(C(=O)O)c(Cl)cn1. The Hall–Kier alpha value is -1.29. The summed E-state index contributed by atoms with van der Waals surface area (Å²) in [6.07, 6.45) is 4.85. The summed E-state index contributed by atoms with van der Waals surface area (Å²) < 4.78 is 0. The van der Waals surface area contributed by atoms with Gasteiger partial charge in [-0.1, -0.05) is 11.6 Å². The zero-order chi connectivity index (χ0) is 13.3. The maximum Gasteiger partial charge on any atom is 0.337 e. The summed E-state index contributed by atoms with van der Waals surface area (Å²) in [7, 11) is 0. The topological polar surface area (TPSA) is 53.4 Å². The number of nitrogens with zero attached hydrogens (tertiary/aromatic N) is 2. The van der Waals surface area contributed by atoms with E-state index in [0.717, 1.165) is 12.8 Å². The molecule has 0 unspecified atom stereocenters. The van der Waals surface area contributed by atoms with Crippen LogP contribution in [-0.4, -0.2) is 28.1 Å². The average Bonchev–Trinajstić information content (AvgIpc) is 2.30. The molecule has 0 spiro atoms. The number of pyridine rings is 1. The highest BCUT2D eigenvalue weighted by Gasteiger charge is 2.26. The molecule has 1 aromatic rings. The van der Waals surface area contributed by atoms with E-state index in [1.165, 1.54) is 12.6 Å². The maximum atomic E-state index is 11.1. The molecule has 0 aliphatic carbocycles. The number of carboxylic acids is 1. The standard InChI is InChI=1S/C13H17ClN2O2/c1-8-4-3-5-9(2)16(8)12-6-10(13(17)18)11(14)7-15-12/h6-9H,3-5H2,1-2H3,(H,17,18)/t8-,9+. The lowest BCUT2D eigenvalue weighted by molar-refractivity contribution is 0.0697. The van der Waals surface area contributed by atoms with Gasteiger partial charge in [-0.3, -0.25) is 0 Å². The van der Waals surface area contributed by atoms with Gasteiger partial charge in [0.1, 0.15) is 5.82 Å². The molecule has 1 fully saturated rings. The molecule has 98 valence electrons. The fourth-order valence-electron chi connectivity index (χ4n) is 2.61. The van der Waals surface area contributed by atoms with Crippen molar-refractivity contribution in [3.8, 4) is 0 Å². The van der Waals surface area contributed by atoms with Crippen LogP contribution in [0.1, 0.15) is 43.5 Å². The number of piperidine rings is 1. The Morgan fingerprint density at radius 2 is 2.06 bits per heavy atom. The van der Waals surface area contributed by atoms with E-state index in [4.69, 9.17) is 16.7 Å². The quantitative estimate of drug-likeness (QED) is 0.895. The van der Waals surface area contributed by atoms with Crippen LogP contribution in [0.4, 0.5) is 5.82 Å². The minimum Gasteiger partial charge on any atom is -0.478 e. The van der Waals surface area contributed by atoms with Crippen molar-refractivity contribution < 1.29 is 9.90 Å². The number of rotatable bonds is 2. The van der Waals surface area contributed by atoms with E-state index in [1.807, 2.05) is 0 Å². The zero-order valence-corrected chi connectivity index (χ0v) is 11.3. The molecular weight excluding hydrogens is 252 g/mol. The first-order valence-corrected chi connectivity index (χ1v) is 6.55. The molecule has 0 radical (unpaired) electrons. The number of carbonyl (C=O) groups is 1. The Balaban J connectivity index is 2.38. The number of hydrogen-bond donors (Lipinski definition) is 1. The molecule has 1 N–H and O–H groups in total. The molecule has 5 heteroatoms. The van der Waals surface area contributed by atoms with Gasteiger partial charge in [0.15, 0.2) is 0 Å². The van der Waals surface area contributed by atoms with Crippen molar-refractivity contribution in [2.75, 3.05) is 4.90 Å². The molecule has 1 aliphatic heterocycles. The molecule has 1 aromatic heterocycles. The maximum absolute atomic E-state index is 11.1. The number of aromatic carboxylic acids is 1.